The summed E-state index contributed by atoms with van der Waals surface area (Å²) in [5.41, 5.74) is -2.61. The van der Waals surface area contributed by atoms with Crippen LogP contribution in [0.15, 0.2) is 35.6 Å². The van der Waals surface area contributed by atoms with E-state index in [4.69, 9.17) is 0 Å². The molecule has 0 unspecified atom stereocenters. The predicted molar refractivity (Wildman–Crippen MR) is 77.8 cm³/mol. The van der Waals surface area contributed by atoms with Crippen molar-refractivity contribution in [3.63, 3.8) is 0 Å². The zero-order valence-electron chi connectivity index (χ0n) is 12.8. The van der Waals surface area contributed by atoms with Gasteiger partial charge in [0.2, 0.25) is 0 Å². The maximum absolute atomic E-state index is 13.1. The Balaban J connectivity index is 2.09. The summed E-state index contributed by atoms with van der Waals surface area (Å²) in [6.07, 6.45) is -7.08. The number of aromatic nitrogens is 5. The van der Waals surface area contributed by atoms with E-state index in [2.05, 4.69) is 25.3 Å². The second kappa shape index (κ2) is 6.04. The number of alkyl halides is 6. The molecule has 3 aromatic heterocycles. The van der Waals surface area contributed by atoms with Crippen molar-refractivity contribution >= 4 is 17.3 Å². The van der Waals surface area contributed by atoms with E-state index < -0.39 is 29.6 Å². The lowest BCUT2D eigenvalue weighted by Gasteiger charge is -2.11. The van der Waals surface area contributed by atoms with Gasteiger partial charge in [0.05, 0.1) is 17.5 Å². The van der Waals surface area contributed by atoms with Crippen LogP contribution in [0.3, 0.4) is 0 Å². The van der Waals surface area contributed by atoms with E-state index in [1.807, 2.05) is 0 Å². The van der Waals surface area contributed by atoms with Gasteiger partial charge in [-0.25, -0.2) is 4.99 Å². The van der Waals surface area contributed by atoms with E-state index in [0.717, 1.165) is 29.8 Å². The van der Waals surface area contributed by atoms with Gasteiger partial charge in [0.1, 0.15) is 5.71 Å². The van der Waals surface area contributed by atoms with Crippen LogP contribution < -0.4 is 0 Å². The number of nitrogens with zero attached hydrogens (tertiary/aromatic N) is 6. The molecule has 0 aromatic carbocycles. The molecule has 0 spiro atoms. The lowest BCUT2D eigenvalue weighted by molar-refractivity contribution is -0.137. The molecular weight excluding hydrogens is 366 g/mol. The maximum Gasteiger partial charge on any atom is 0.429 e. The summed E-state index contributed by atoms with van der Waals surface area (Å²) in [4.78, 5) is 7.02. The highest BCUT2D eigenvalue weighted by molar-refractivity contribution is 5.89. The maximum atomic E-state index is 13.1. The second-order valence-electron chi connectivity index (χ2n) is 5.11. The summed E-state index contributed by atoms with van der Waals surface area (Å²) in [7, 11) is 0. The molecule has 3 aromatic rings. The fraction of sp³-hybridized carbons (Fsp3) is 0.214. The molecule has 0 saturated heterocycles. The summed E-state index contributed by atoms with van der Waals surface area (Å²) < 4.78 is 77.8. The molecule has 0 saturated carbocycles. The van der Waals surface area contributed by atoms with Gasteiger partial charge in [0.15, 0.2) is 5.65 Å². The molecule has 0 radical (unpaired) electrons. The zero-order valence-corrected chi connectivity index (χ0v) is 12.8. The number of pyridine rings is 1. The fourth-order valence-electron chi connectivity index (χ4n) is 2.06. The molecule has 0 amide bonds. The van der Waals surface area contributed by atoms with E-state index >= 15 is 0 Å². The molecule has 0 aliphatic rings. The third kappa shape index (κ3) is 3.34. The molecule has 3 heterocycles. The first-order valence-corrected chi connectivity index (χ1v) is 6.94. The van der Waals surface area contributed by atoms with Crippen molar-refractivity contribution in [3.8, 4) is 11.3 Å². The fourth-order valence-corrected chi connectivity index (χ4v) is 2.06. The molecule has 0 fully saturated rings. The standard InChI is InChI=1S/C14H8F6N6/c1-7(13(15,16)17)23-12-25-24-10-5-8(6-22-26(10)12)11-9(14(18,19)20)3-2-4-21-11/h2-6H,1H3. The number of halogens is 6. The van der Waals surface area contributed by atoms with Crippen molar-refractivity contribution in [2.75, 3.05) is 0 Å². The summed E-state index contributed by atoms with van der Waals surface area (Å²) in [6, 6.07) is 3.18. The average Bonchev–Trinajstić information content (AvgIpc) is 2.95. The van der Waals surface area contributed by atoms with Crippen LogP contribution in [0.1, 0.15) is 12.5 Å². The van der Waals surface area contributed by atoms with E-state index in [0.29, 0.717) is 0 Å². The predicted octanol–water partition coefficient (Wildman–Crippen LogP) is 3.86. The van der Waals surface area contributed by atoms with Gasteiger partial charge >= 0.3 is 12.4 Å². The number of aliphatic imine (C=N–C) groups is 1. The molecule has 0 bridgehead atoms. The van der Waals surface area contributed by atoms with Crippen molar-refractivity contribution in [1.29, 1.82) is 0 Å². The minimum Gasteiger partial charge on any atom is -0.256 e. The van der Waals surface area contributed by atoms with Gasteiger partial charge in [-0.3, -0.25) is 4.98 Å². The lowest BCUT2D eigenvalue weighted by atomic mass is 10.1. The lowest BCUT2D eigenvalue weighted by Crippen LogP contribution is -2.19. The topological polar surface area (TPSA) is 68.3 Å². The number of hydrogen-bond donors (Lipinski definition) is 0. The molecule has 12 heteroatoms. The van der Waals surface area contributed by atoms with Crippen LogP contribution in [0.5, 0.6) is 0 Å². The average molecular weight is 374 g/mol. The van der Waals surface area contributed by atoms with Gasteiger partial charge in [0, 0.05) is 11.8 Å². The van der Waals surface area contributed by atoms with E-state index in [-0.39, 0.29) is 16.9 Å². The molecule has 3 rings (SSSR count). The quantitative estimate of drug-likeness (QED) is 0.505. The molecule has 26 heavy (non-hydrogen) atoms. The Kier molecular flexibility index (Phi) is 4.12. The van der Waals surface area contributed by atoms with Crippen LogP contribution in [0.2, 0.25) is 0 Å². The van der Waals surface area contributed by atoms with Gasteiger partial charge < -0.3 is 0 Å². The van der Waals surface area contributed by atoms with Crippen molar-refractivity contribution in [1.82, 2.24) is 24.8 Å². The molecule has 136 valence electrons. The van der Waals surface area contributed by atoms with Gasteiger partial charge in [-0.05, 0) is 25.1 Å². The van der Waals surface area contributed by atoms with Gasteiger partial charge in [-0.15, -0.1) is 10.2 Å². The third-order valence-electron chi connectivity index (χ3n) is 3.31. The van der Waals surface area contributed by atoms with Gasteiger partial charge in [-0.2, -0.15) is 36.0 Å². The van der Waals surface area contributed by atoms with Crippen molar-refractivity contribution in [2.45, 2.75) is 19.3 Å². The largest absolute Gasteiger partial charge is 0.429 e. The summed E-state index contributed by atoms with van der Waals surface area (Å²) >= 11 is 0. The van der Waals surface area contributed by atoms with Crippen LogP contribution >= 0.6 is 0 Å². The number of rotatable bonds is 2. The summed E-state index contributed by atoms with van der Waals surface area (Å²) in [5, 5.41) is 10.9. The molecule has 0 aliphatic heterocycles. The Labute approximate surface area is 141 Å². The Morgan fingerprint density at radius 1 is 1.12 bits per heavy atom. The summed E-state index contributed by atoms with van der Waals surface area (Å²) in [5.74, 6) is -0.446. The minimum absolute atomic E-state index is 0.0131. The SMILES string of the molecule is CC(=Nc1nnc2cc(-c3ncccc3C(F)(F)F)cnn12)C(F)(F)F. The first-order chi connectivity index (χ1) is 12.1. The van der Waals surface area contributed by atoms with E-state index in [1.54, 1.807) is 0 Å². The van der Waals surface area contributed by atoms with Crippen LogP contribution in [0.4, 0.5) is 32.3 Å². The molecule has 6 nitrogen and oxygen atoms in total. The Morgan fingerprint density at radius 2 is 1.85 bits per heavy atom. The van der Waals surface area contributed by atoms with Crippen LogP contribution in [-0.4, -0.2) is 36.7 Å². The Bertz CT molecular complexity index is 987. The Hall–Kier alpha value is -3.05. The molecule has 0 N–H and O–H groups in total. The molecule has 0 atom stereocenters. The third-order valence-corrected chi connectivity index (χ3v) is 3.31. The van der Waals surface area contributed by atoms with Crippen LogP contribution in [0, 0.1) is 0 Å². The van der Waals surface area contributed by atoms with Crippen molar-refractivity contribution < 1.29 is 26.3 Å². The smallest absolute Gasteiger partial charge is 0.256 e. The van der Waals surface area contributed by atoms with Crippen LogP contribution in [0.25, 0.3) is 16.9 Å². The first-order valence-electron chi connectivity index (χ1n) is 6.94. The number of fused-ring (bicyclic) bond motifs is 1. The molecular formula is C14H8F6N6. The second-order valence-corrected chi connectivity index (χ2v) is 5.11. The Morgan fingerprint density at radius 3 is 2.50 bits per heavy atom. The van der Waals surface area contributed by atoms with E-state index in [1.165, 1.54) is 12.3 Å². The monoisotopic (exact) mass is 374 g/mol. The highest BCUT2D eigenvalue weighted by Gasteiger charge is 2.35. The zero-order chi connectivity index (χ0) is 19.1. The summed E-state index contributed by atoms with van der Waals surface area (Å²) in [6.45, 7) is 0.749. The van der Waals surface area contributed by atoms with E-state index in [9.17, 15) is 26.3 Å². The van der Waals surface area contributed by atoms with Gasteiger partial charge in [-0.1, -0.05) is 0 Å². The highest BCUT2D eigenvalue weighted by atomic mass is 19.4. The van der Waals surface area contributed by atoms with Crippen molar-refractivity contribution in [3.05, 3.63) is 36.2 Å². The van der Waals surface area contributed by atoms with Gasteiger partial charge in [0.25, 0.3) is 5.95 Å². The molecule has 0 aliphatic carbocycles. The highest BCUT2D eigenvalue weighted by Crippen LogP contribution is 2.35. The normalized spacial score (nSPS) is 13.4. The van der Waals surface area contributed by atoms with Crippen molar-refractivity contribution in [2.24, 2.45) is 4.99 Å². The minimum atomic E-state index is -4.65. The van der Waals surface area contributed by atoms with Crippen LogP contribution in [-0.2, 0) is 6.18 Å². The first kappa shape index (κ1) is 17.8. The number of hydrogen-bond acceptors (Lipinski definition) is 5.